The van der Waals surface area contributed by atoms with Crippen molar-refractivity contribution in [3.8, 4) is 0 Å². The molecule has 0 aromatic carbocycles. The fourth-order valence-electron chi connectivity index (χ4n) is 1.47. The van der Waals surface area contributed by atoms with Crippen molar-refractivity contribution in [1.82, 2.24) is 19.6 Å². The summed E-state index contributed by atoms with van der Waals surface area (Å²) in [6.45, 7) is 0. The van der Waals surface area contributed by atoms with Crippen molar-refractivity contribution >= 4 is 23.0 Å². The Balaban J connectivity index is 2.25. The van der Waals surface area contributed by atoms with E-state index in [0.717, 1.165) is 17.1 Å². The third-order valence-electron chi connectivity index (χ3n) is 2.50. The van der Waals surface area contributed by atoms with E-state index in [-0.39, 0.29) is 23.0 Å². The van der Waals surface area contributed by atoms with Gasteiger partial charge in [-0.05, 0) is 0 Å². The molecule has 0 radical (unpaired) electrons. The number of aromatic nitrogens is 4. The van der Waals surface area contributed by atoms with Crippen LogP contribution in [0.3, 0.4) is 0 Å². The van der Waals surface area contributed by atoms with Gasteiger partial charge in [0.05, 0.1) is 9.85 Å². The molecule has 13 nitrogen and oxygen atoms in total. The van der Waals surface area contributed by atoms with Gasteiger partial charge in [0.25, 0.3) is 5.82 Å². The zero-order valence-electron chi connectivity index (χ0n) is 10.9. The fourth-order valence-corrected chi connectivity index (χ4v) is 1.47. The first-order valence-electron chi connectivity index (χ1n) is 5.41. The largest absolute Gasteiger partial charge is 0.335 e. The van der Waals surface area contributed by atoms with Crippen LogP contribution >= 0.6 is 0 Å². The van der Waals surface area contributed by atoms with Crippen molar-refractivity contribution in [2.24, 2.45) is 24.4 Å². The molecule has 0 atom stereocenters. The van der Waals surface area contributed by atoms with Gasteiger partial charge < -0.3 is 0 Å². The van der Waals surface area contributed by atoms with Crippen LogP contribution < -0.4 is 5.43 Å². The third kappa shape index (κ3) is 2.65. The van der Waals surface area contributed by atoms with E-state index in [4.69, 9.17) is 0 Å². The predicted molar refractivity (Wildman–Crippen MR) is 67.9 cm³/mol. The highest BCUT2D eigenvalue weighted by Crippen LogP contribution is 2.27. The molecule has 0 saturated carbocycles. The van der Waals surface area contributed by atoms with Crippen LogP contribution in [0.1, 0.15) is 0 Å². The van der Waals surface area contributed by atoms with Gasteiger partial charge in [0.15, 0.2) is 0 Å². The van der Waals surface area contributed by atoms with Crippen LogP contribution in [0.4, 0.5) is 23.0 Å². The standard InChI is InChI=1S/C8H9N9O4/c1-14-7(5(3-9-14)16(18)19)11-13-12-8-6(17(20)21)4-10-15(8)2/h3-4H,1-2H3,(H,11,12). The Labute approximate surface area is 116 Å². The van der Waals surface area contributed by atoms with E-state index in [1.807, 2.05) is 0 Å². The van der Waals surface area contributed by atoms with Crippen molar-refractivity contribution in [3.05, 3.63) is 32.6 Å². The molecule has 0 amide bonds. The number of aryl methyl sites for hydroxylation is 2. The maximum Gasteiger partial charge on any atom is 0.335 e. The Morgan fingerprint density at radius 1 is 1.10 bits per heavy atom. The van der Waals surface area contributed by atoms with Gasteiger partial charge in [-0.25, -0.2) is 14.8 Å². The average molecular weight is 295 g/mol. The van der Waals surface area contributed by atoms with Gasteiger partial charge in [-0.15, -0.1) is 5.11 Å². The molecule has 0 aliphatic carbocycles. The lowest BCUT2D eigenvalue weighted by molar-refractivity contribution is -0.384. The molecule has 0 aliphatic rings. The lowest BCUT2D eigenvalue weighted by Crippen LogP contribution is -2.00. The Kier molecular flexibility index (Phi) is 3.55. The van der Waals surface area contributed by atoms with E-state index >= 15 is 0 Å². The van der Waals surface area contributed by atoms with Crippen LogP contribution in [-0.4, -0.2) is 29.4 Å². The van der Waals surface area contributed by atoms with E-state index < -0.39 is 9.85 Å². The van der Waals surface area contributed by atoms with Gasteiger partial charge in [-0.3, -0.25) is 20.2 Å². The highest BCUT2D eigenvalue weighted by Gasteiger charge is 2.20. The van der Waals surface area contributed by atoms with Crippen LogP contribution in [0.15, 0.2) is 22.7 Å². The number of nitrogens with one attached hydrogen (secondary N) is 1. The Bertz CT molecular complexity index is 730. The minimum absolute atomic E-state index is 0.00595. The van der Waals surface area contributed by atoms with E-state index in [0.29, 0.717) is 0 Å². The second kappa shape index (κ2) is 5.32. The summed E-state index contributed by atoms with van der Waals surface area (Å²) in [5.41, 5.74) is 1.70. The summed E-state index contributed by atoms with van der Waals surface area (Å²) in [5.74, 6) is -0.106. The summed E-state index contributed by atoms with van der Waals surface area (Å²) in [7, 11) is 2.92. The van der Waals surface area contributed by atoms with Crippen LogP contribution in [0, 0.1) is 20.2 Å². The fraction of sp³-hybridized carbons (Fsp3) is 0.250. The van der Waals surface area contributed by atoms with Gasteiger partial charge in [0.2, 0.25) is 5.82 Å². The molecular formula is C8H9N9O4. The Morgan fingerprint density at radius 3 is 2.29 bits per heavy atom. The second-order valence-electron chi connectivity index (χ2n) is 3.81. The molecule has 2 rings (SSSR count). The van der Waals surface area contributed by atoms with Gasteiger partial charge in [-0.2, -0.15) is 10.2 Å². The molecule has 0 fully saturated rings. The van der Waals surface area contributed by atoms with Crippen LogP contribution in [0.25, 0.3) is 0 Å². The van der Waals surface area contributed by atoms with Gasteiger partial charge in [0, 0.05) is 14.1 Å². The molecule has 0 spiro atoms. The molecule has 0 unspecified atom stereocenters. The summed E-state index contributed by atoms with van der Waals surface area (Å²) >= 11 is 0. The van der Waals surface area contributed by atoms with E-state index in [2.05, 4.69) is 26.0 Å². The molecule has 21 heavy (non-hydrogen) atoms. The maximum atomic E-state index is 10.8. The number of rotatable bonds is 5. The van der Waals surface area contributed by atoms with Crippen LogP contribution in [0.2, 0.25) is 0 Å². The third-order valence-corrected chi connectivity index (χ3v) is 2.50. The highest BCUT2D eigenvalue weighted by molar-refractivity contribution is 5.55. The smallest absolute Gasteiger partial charge is 0.258 e. The van der Waals surface area contributed by atoms with Crippen LogP contribution in [0.5, 0.6) is 0 Å². The van der Waals surface area contributed by atoms with Gasteiger partial charge >= 0.3 is 11.4 Å². The monoisotopic (exact) mass is 295 g/mol. The second-order valence-corrected chi connectivity index (χ2v) is 3.81. The quantitative estimate of drug-likeness (QED) is 0.490. The maximum absolute atomic E-state index is 10.8. The topological polar surface area (TPSA) is 159 Å². The molecule has 2 aromatic heterocycles. The number of nitro groups is 2. The van der Waals surface area contributed by atoms with Crippen molar-refractivity contribution < 1.29 is 9.85 Å². The Hall–Kier alpha value is -3.38. The first-order valence-corrected chi connectivity index (χ1v) is 5.41. The molecule has 0 saturated heterocycles. The highest BCUT2D eigenvalue weighted by atomic mass is 16.6. The first-order chi connectivity index (χ1) is 9.91. The number of hydrogen-bond acceptors (Lipinski definition) is 8. The number of nitrogens with zero attached hydrogens (tertiary/aromatic N) is 8. The average Bonchev–Trinajstić information content (AvgIpc) is 2.95. The molecular weight excluding hydrogens is 286 g/mol. The van der Waals surface area contributed by atoms with E-state index in [9.17, 15) is 20.2 Å². The minimum Gasteiger partial charge on any atom is -0.258 e. The molecule has 0 aliphatic heterocycles. The predicted octanol–water partition coefficient (Wildman–Crippen LogP) is 1.08. The summed E-state index contributed by atoms with van der Waals surface area (Å²) in [4.78, 5) is 20.2. The lowest BCUT2D eigenvalue weighted by atomic mass is 10.5. The van der Waals surface area contributed by atoms with E-state index in [1.54, 1.807) is 0 Å². The van der Waals surface area contributed by atoms with E-state index in [1.165, 1.54) is 18.8 Å². The first kappa shape index (κ1) is 14.0. The summed E-state index contributed by atoms with van der Waals surface area (Å²) in [6.07, 6.45) is 2.07. The summed E-state index contributed by atoms with van der Waals surface area (Å²) in [6, 6.07) is 0. The molecule has 13 heteroatoms. The van der Waals surface area contributed by atoms with Crippen molar-refractivity contribution in [2.75, 3.05) is 5.43 Å². The SMILES string of the molecule is Cn1ncc([N+](=O)[O-])c1N=NNc1c([N+](=O)[O-])cnn1C. The number of hydrogen-bond donors (Lipinski definition) is 1. The van der Waals surface area contributed by atoms with Gasteiger partial charge in [0.1, 0.15) is 12.4 Å². The molecule has 0 bridgehead atoms. The summed E-state index contributed by atoms with van der Waals surface area (Å²) < 4.78 is 2.34. The minimum atomic E-state index is -0.659. The molecule has 2 heterocycles. The summed E-state index contributed by atoms with van der Waals surface area (Å²) in [5, 5.41) is 36.0. The molecule has 1 N–H and O–H groups in total. The van der Waals surface area contributed by atoms with Crippen molar-refractivity contribution in [3.63, 3.8) is 0 Å². The number of anilines is 1. The molecule has 2 aromatic rings. The lowest BCUT2D eigenvalue weighted by Gasteiger charge is -1.98. The van der Waals surface area contributed by atoms with Crippen LogP contribution in [-0.2, 0) is 14.1 Å². The van der Waals surface area contributed by atoms with Crippen molar-refractivity contribution in [2.45, 2.75) is 0 Å². The zero-order chi connectivity index (χ0) is 15.6. The normalized spacial score (nSPS) is 11.0. The van der Waals surface area contributed by atoms with Gasteiger partial charge in [-0.1, -0.05) is 5.22 Å². The van der Waals surface area contributed by atoms with Crippen molar-refractivity contribution in [1.29, 1.82) is 0 Å². The molecule has 110 valence electrons. The Morgan fingerprint density at radius 2 is 1.67 bits per heavy atom. The zero-order valence-corrected chi connectivity index (χ0v) is 10.9.